The first-order chi connectivity index (χ1) is 9.51. The number of halogens is 3. The highest BCUT2D eigenvalue weighted by atomic mass is 19.4. The molecule has 0 bridgehead atoms. The van der Waals surface area contributed by atoms with E-state index in [-0.39, 0.29) is 5.88 Å². The molecule has 3 nitrogen and oxygen atoms in total. The number of rotatable bonds is 2. The van der Waals surface area contributed by atoms with Crippen LogP contribution in [0.5, 0.6) is 5.88 Å². The number of alkyl halides is 3. The van der Waals surface area contributed by atoms with Gasteiger partial charge in [-0.1, -0.05) is 30.3 Å². The number of aromatic nitrogens is 2. The van der Waals surface area contributed by atoms with Crippen LogP contribution in [0.1, 0.15) is 0 Å². The number of benzene rings is 1. The van der Waals surface area contributed by atoms with Crippen molar-refractivity contribution in [2.24, 2.45) is 0 Å². The van der Waals surface area contributed by atoms with Crippen LogP contribution >= 0.6 is 0 Å². The second kappa shape index (κ2) is 4.56. The fourth-order valence-corrected chi connectivity index (χ4v) is 1.96. The molecule has 0 saturated heterocycles. The summed E-state index contributed by atoms with van der Waals surface area (Å²) in [4.78, 5) is 6.58. The molecule has 0 radical (unpaired) electrons. The second-order valence-electron chi connectivity index (χ2n) is 4.21. The van der Waals surface area contributed by atoms with Crippen molar-refractivity contribution in [2.75, 3.05) is 0 Å². The minimum absolute atomic E-state index is 0.351. The van der Waals surface area contributed by atoms with Crippen LogP contribution in [0.15, 0.2) is 48.7 Å². The maximum absolute atomic E-state index is 12.2. The minimum atomic E-state index is -4.72. The molecule has 0 fully saturated rings. The van der Waals surface area contributed by atoms with Crippen molar-refractivity contribution >= 4 is 11.0 Å². The molecule has 0 aliphatic rings. The summed E-state index contributed by atoms with van der Waals surface area (Å²) in [6, 6.07) is 12.5. The molecule has 3 aromatic rings. The molecule has 2 aromatic heterocycles. The molecule has 6 heteroatoms. The molecule has 0 spiro atoms. The number of hydrogen-bond acceptors (Lipinski definition) is 2. The molecule has 0 saturated carbocycles. The van der Waals surface area contributed by atoms with E-state index in [1.165, 1.54) is 6.07 Å². The average molecular weight is 278 g/mol. The van der Waals surface area contributed by atoms with E-state index in [2.05, 4.69) is 14.7 Å². The quantitative estimate of drug-likeness (QED) is 0.765. The number of aromatic amines is 1. The zero-order valence-electron chi connectivity index (χ0n) is 10.1. The van der Waals surface area contributed by atoms with Crippen LogP contribution in [-0.4, -0.2) is 16.3 Å². The normalized spacial score (nSPS) is 11.8. The number of fused-ring (bicyclic) bond motifs is 1. The van der Waals surface area contributed by atoms with Gasteiger partial charge in [0.15, 0.2) is 0 Å². The summed E-state index contributed by atoms with van der Waals surface area (Å²) in [6.45, 7) is 0. The van der Waals surface area contributed by atoms with Gasteiger partial charge in [0.25, 0.3) is 0 Å². The zero-order chi connectivity index (χ0) is 14.2. The van der Waals surface area contributed by atoms with Gasteiger partial charge < -0.3 is 9.72 Å². The second-order valence-corrected chi connectivity index (χ2v) is 4.21. The lowest BCUT2D eigenvalue weighted by Crippen LogP contribution is -2.17. The topological polar surface area (TPSA) is 37.9 Å². The highest BCUT2D eigenvalue weighted by molar-refractivity contribution is 5.82. The van der Waals surface area contributed by atoms with Crippen molar-refractivity contribution in [1.29, 1.82) is 0 Å². The Bertz CT molecular complexity index is 735. The summed E-state index contributed by atoms with van der Waals surface area (Å²) in [5.41, 5.74) is 2.13. The minimum Gasteiger partial charge on any atom is -0.390 e. The Morgan fingerprint density at radius 1 is 1.00 bits per heavy atom. The van der Waals surface area contributed by atoms with Gasteiger partial charge in [-0.05, 0) is 11.6 Å². The monoisotopic (exact) mass is 278 g/mol. The molecule has 20 heavy (non-hydrogen) atoms. The number of nitrogens with one attached hydrogen (secondary N) is 1. The lowest BCUT2D eigenvalue weighted by Gasteiger charge is -2.04. The highest BCUT2D eigenvalue weighted by Crippen LogP contribution is 2.28. The van der Waals surface area contributed by atoms with Crippen LogP contribution < -0.4 is 4.74 Å². The number of hydrogen-bond donors (Lipinski definition) is 1. The molecule has 102 valence electrons. The van der Waals surface area contributed by atoms with Crippen molar-refractivity contribution in [2.45, 2.75) is 6.36 Å². The van der Waals surface area contributed by atoms with Crippen LogP contribution in [0.25, 0.3) is 22.2 Å². The number of ether oxygens (including phenoxy) is 1. The van der Waals surface area contributed by atoms with E-state index >= 15 is 0 Å². The standard InChI is InChI=1S/C14H9F3N2O/c15-14(16,17)20-12-7-10-6-11(8-18-13(10)19-12)9-4-2-1-3-5-9/h1-8H,(H,18,19). The molecular formula is C14H9F3N2O. The summed E-state index contributed by atoms with van der Waals surface area (Å²) in [6.07, 6.45) is -3.12. The average Bonchev–Trinajstić information content (AvgIpc) is 2.78. The first-order valence-corrected chi connectivity index (χ1v) is 5.81. The van der Waals surface area contributed by atoms with Crippen LogP contribution in [0, 0.1) is 0 Å². The summed E-state index contributed by atoms with van der Waals surface area (Å²) in [5, 5.41) is 0.561. The van der Waals surface area contributed by atoms with Gasteiger partial charge in [0.1, 0.15) is 5.65 Å². The summed E-state index contributed by atoms with van der Waals surface area (Å²) in [7, 11) is 0. The fraction of sp³-hybridized carbons (Fsp3) is 0.0714. The van der Waals surface area contributed by atoms with Gasteiger partial charge in [-0.2, -0.15) is 0 Å². The van der Waals surface area contributed by atoms with Crippen molar-refractivity contribution in [3.8, 4) is 17.0 Å². The number of H-pyrrole nitrogens is 1. The lowest BCUT2D eigenvalue weighted by atomic mass is 10.1. The Balaban J connectivity index is 2.00. The maximum Gasteiger partial charge on any atom is 0.574 e. The first kappa shape index (κ1) is 12.5. The van der Waals surface area contributed by atoms with Gasteiger partial charge >= 0.3 is 6.36 Å². The van der Waals surface area contributed by atoms with E-state index < -0.39 is 6.36 Å². The summed E-state index contributed by atoms with van der Waals surface area (Å²) < 4.78 is 40.3. The SMILES string of the molecule is FC(F)(F)Oc1cc2cc(-c3ccccc3)cnc2[nH]1. The Hall–Kier alpha value is -2.50. The largest absolute Gasteiger partial charge is 0.574 e. The highest BCUT2D eigenvalue weighted by Gasteiger charge is 2.31. The van der Waals surface area contributed by atoms with Gasteiger partial charge in [0.05, 0.1) is 0 Å². The predicted molar refractivity (Wildman–Crippen MR) is 68.2 cm³/mol. The lowest BCUT2D eigenvalue weighted by molar-refractivity contribution is -0.275. The van der Waals surface area contributed by atoms with Gasteiger partial charge in [0, 0.05) is 23.2 Å². The molecule has 2 heterocycles. The molecule has 3 rings (SSSR count). The maximum atomic E-state index is 12.2. The van der Waals surface area contributed by atoms with Crippen LogP contribution in [-0.2, 0) is 0 Å². The van der Waals surface area contributed by atoms with E-state index in [9.17, 15) is 13.2 Å². The number of nitrogens with zero attached hydrogens (tertiary/aromatic N) is 1. The van der Waals surface area contributed by atoms with Crippen LogP contribution in [0.2, 0.25) is 0 Å². The van der Waals surface area contributed by atoms with E-state index in [4.69, 9.17) is 0 Å². The van der Waals surface area contributed by atoms with E-state index in [1.807, 2.05) is 30.3 Å². The summed E-state index contributed by atoms with van der Waals surface area (Å²) in [5.74, 6) is -0.370. The van der Waals surface area contributed by atoms with Crippen molar-refractivity contribution in [3.63, 3.8) is 0 Å². The van der Waals surface area contributed by atoms with Gasteiger partial charge in [-0.25, -0.2) is 4.98 Å². The fourth-order valence-electron chi connectivity index (χ4n) is 1.96. The van der Waals surface area contributed by atoms with Gasteiger partial charge in [-0.15, -0.1) is 13.2 Å². The Morgan fingerprint density at radius 2 is 1.75 bits per heavy atom. The van der Waals surface area contributed by atoms with Crippen molar-refractivity contribution in [3.05, 3.63) is 48.7 Å². The Kier molecular flexibility index (Phi) is 2.85. The van der Waals surface area contributed by atoms with E-state index in [0.29, 0.717) is 11.0 Å². The molecule has 0 aliphatic carbocycles. The molecule has 0 atom stereocenters. The van der Waals surface area contributed by atoms with E-state index in [1.54, 1.807) is 12.3 Å². The molecular weight excluding hydrogens is 269 g/mol. The Labute approximate surface area is 112 Å². The molecule has 1 aromatic carbocycles. The number of pyridine rings is 1. The summed E-state index contributed by atoms with van der Waals surface area (Å²) >= 11 is 0. The molecule has 0 unspecified atom stereocenters. The van der Waals surface area contributed by atoms with Gasteiger partial charge in [0.2, 0.25) is 5.88 Å². The van der Waals surface area contributed by atoms with Crippen LogP contribution in [0.3, 0.4) is 0 Å². The van der Waals surface area contributed by atoms with Crippen LogP contribution in [0.4, 0.5) is 13.2 Å². The third kappa shape index (κ3) is 2.59. The zero-order valence-corrected chi connectivity index (χ0v) is 10.1. The molecule has 0 amide bonds. The molecule has 0 aliphatic heterocycles. The van der Waals surface area contributed by atoms with Gasteiger partial charge in [-0.3, -0.25) is 0 Å². The Morgan fingerprint density at radius 3 is 2.45 bits per heavy atom. The van der Waals surface area contributed by atoms with E-state index in [0.717, 1.165) is 11.1 Å². The third-order valence-electron chi connectivity index (χ3n) is 2.78. The predicted octanol–water partition coefficient (Wildman–Crippen LogP) is 4.13. The molecule has 1 N–H and O–H groups in total. The third-order valence-corrected chi connectivity index (χ3v) is 2.78. The first-order valence-electron chi connectivity index (χ1n) is 5.81. The smallest absolute Gasteiger partial charge is 0.390 e. The van der Waals surface area contributed by atoms with Crippen molar-refractivity contribution < 1.29 is 17.9 Å². The van der Waals surface area contributed by atoms with Crippen molar-refractivity contribution in [1.82, 2.24) is 9.97 Å².